The molecule has 1 rings (SSSR count). The summed E-state index contributed by atoms with van der Waals surface area (Å²) in [4.78, 5) is 10.4. The molecule has 0 aromatic heterocycles. The predicted molar refractivity (Wildman–Crippen MR) is 61.3 cm³/mol. The van der Waals surface area contributed by atoms with Gasteiger partial charge in [-0.2, -0.15) is 0 Å². The molecule has 0 aliphatic heterocycles. The highest BCUT2D eigenvalue weighted by atomic mass is 16.5. The average Bonchev–Trinajstić information content (AvgIpc) is 2.29. The van der Waals surface area contributed by atoms with E-state index in [9.17, 15) is 4.79 Å². The SMILES string of the molecule is COCCC(Cc1ccc(O)cc1)NC=O. The van der Waals surface area contributed by atoms with E-state index in [0.717, 1.165) is 18.4 Å². The first kappa shape index (κ1) is 12.5. The number of rotatable bonds is 7. The zero-order valence-corrected chi connectivity index (χ0v) is 9.35. The van der Waals surface area contributed by atoms with E-state index in [2.05, 4.69) is 5.32 Å². The Bertz CT molecular complexity index is 311. The van der Waals surface area contributed by atoms with Crippen LogP contribution in [0.4, 0.5) is 0 Å². The van der Waals surface area contributed by atoms with Crippen molar-refractivity contribution in [3.8, 4) is 5.75 Å². The van der Waals surface area contributed by atoms with Crippen molar-refractivity contribution in [3.05, 3.63) is 29.8 Å². The van der Waals surface area contributed by atoms with Crippen LogP contribution in [0.2, 0.25) is 0 Å². The Balaban J connectivity index is 2.52. The van der Waals surface area contributed by atoms with Crippen molar-refractivity contribution < 1.29 is 14.6 Å². The first-order chi connectivity index (χ1) is 7.76. The van der Waals surface area contributed by atoms with Crippen molar-refractivity contribution in [1.82, 2.24) is 5.32 Å². The summed E-state index contributed by atoms with van der Waals surface area (Å²) in [6, 6.07) is 7.05. The van der Waals surface area contributed by atoms with Crippen LogP contribution in [0.3, 0.4) is 0 Å². The quantitative estimate of drug-likeness (QED) is 0.680. The van der Waals surface area contributed by atoms with Gasteiger partial charge in [-0.15, -0.1) is 0 Å². The molecule has 2 N–H and O–H groups in total. The number of carbonyl (C=O) groups is 1. The minimum Gasteiger partial charge on any atom is -0.508 e. The molecule has 0 radical (unpaired) electrons. The van der Waals surface area contributed by atoms with Crippen LogP contribution in [0, 0.1) is 0 Å². The lowest BCUT2D eigenvalue weighted by atomic mass is 10.0. The van der Waals surface area contributed by atoms with Crippen LogP contribution in [-0.4, -0.2) is 31.3 Å². The number of hydrogen-bond acceptors (Lipinski definition) is 3. The molecule has 1 aromatic rings. The van der Waals surface area contributed by atoms with E-state index in [1.807, 2.05) is 12.1 Å². The predicted octanol–water partition coefficient (Wildman–Crippen LogP) is 1.09. The number of amides is 1. The molecule has 0 aliphatic rings. The van der Waals surface area contributed by atoms with E-state index >= 15 is 0 Å². The number of phenolic OH excluding ortho intramolecular Hbond substituents is 1. The summed E-state index contributed by atoms with van der Waals surface area (Å²) in [5.41, 5.74) is 1.08. The lowest BCUT2D eigenvalue weighted by Crippen LogP contribution is -2.31. The van der Waals surface area contributed by atoms with Crippen molar-refractivity contribution >= 4 is 6.41 Å². The number of nitrogens with one attached hydrogen (secondary N) is 1. The van der Waals surface area contributed by atoms with Gasteiger partial charge in [0.05, 0.1) is 0 Å². The van der Waals surface area contributed by atoms with Crippen LogP contribution >= 0.6 is 0 Å². The lowest BCUT2D eigenvalue weighted by molar-refractivity contribution is -0.110. The van der Waals surface area contributed by atoms with Crippen molar-refractivity contribution in [2.24, 2.45) is 0 Å². The minimum atomic E-state index is 0.0713. The third-order valence-electron chi connectivity index (χ3n) is 2.39. The highest BCUT2D eigenvalue weighted by molar-refractivity contribution is 5.46. The average molecular weight is 223 g/mol. The van der Waals surface area contributed by atoms with Crippen LogP contribution < -0.4 is 5.32 Å². The maximum atomic E-state index is 10.4. The van der Waals surface area contributed by atoms with Gasteiger partial charge in [-0.25, -0.2) is 0 Å². The lowest BCUT2D eigenvalue weighted by Gasteiger charge is -2.15. The molecule has 0 fully saturated rings. The molecule has 0 saturated heterocycles. The summed E-state index contributed by atoms with van der Waals surface area (Å²) in [5.74, 6) is 0.250. The first-order valence-electron chi connectivity index (χ1n) is 5.22. The summed E-state index contributed by atoms with van der Waals surface area (Å²) in [7, 11) is 1.64. The second-order valence-electron chi connectivity index (χ2n) is 3.63. The number of carbonyl (C=O) groups excluding carboxylic acids is 1. The fourth-order valence-corrected chi connectivity index (χ4v) is 1.52. The van der Waals surface area contributed by atoms with Crippen molar-refractivity contribution in [3.63, 3.8) is 0 Å². The number of hydrogen-bond donors (Lipinski definition) is 2. The van der Waals surface area contributed by atoms with Gasteiger partial charge in [0, 0.05) is 19.8 Å². The molecule has 1 atom stereocenters. The second-order valence-corrected chi connectivity index (χ2v) is 3.63. The number of ether oxygens (including phenoxy) is 1. The summed E-state index contributed by atoms with van der Waals surface area (Å²) < 4.78 is 4.98. The van der Waals surface area contributed by atoms with E-state index in [4.69, 9.17) is 9.84 Å². The van der Waals surface area contributed by atoms with Gasteiger partial charge in [-0.1, -0.05) is 12.1 Å². The van der Waals surface area contributed by atoms with Crippen LogP contribution in [0.15, 0.2) is 24.3 Å². The van der Waals surface area contributed by atoms with E-state index in [1.54, 1.807) is 19.2 Å². The monoisotopic (exact) mass is 223 g/mol. The van der Waals surface area contributed by atoms with Gasteiger partial charge in [0.1, 0.15) is 5.75 Å². The molecule has 1 amide bonds. The fraction of sp³-hybridized carbons (Fsp3) is 0.417. The standard InChI is InChI=1S/C12H17NO3/c1-16-7-6-11(13-9-14)8-10-2-4-12(15)5-3-10/h2-5,9,11,15H,6-8H2,1H3,(H,13,14). The number of methoxy groups -OCH3 is 1. The van der Waals surface area contributed by atoms with Crippen LogP contribution in [-0.2, 0) is 16.0 Å². The number of phenols is 1. The molecular formula is C12H17NO3. The van der Waals surface area contributed by atoms with Crippen molar-refractivity contribution in [2.75, 3.05) is 13.7 Å². The highest BCUT2D eigenvalue weighted by Crippen LogP contribution is 2.12. The smallest absolute Gasteiger partial charge is 0.207 e. The molecule has 0 aliphatic carbocycles. The van der Waals surface area contributed by atoms with Gasteiger partial charge in [-0.05, 0) is 30.5 Å². The van der Waals surface area contributed by atoms with Gasteiger partial charge in [-0.3, -0.25) is 4.79 Å². The highest BCUT2D eigenvalue weighted by Gasteiger charge is 2.08. The molecule has 1 aromatic carbocycles. The third kappa shape index (κ3) is 4.31. The largest absolute Gasteiger partial charge is 0.508 e. The minimum absolute atomic E-state index is 0.0713. The van der Waals surface area contributed by atoms with Gasteiger partial charge < -0.3 is 15.2 Å². The molecule has 0 spiro atoms. The summed E-state index contributed by atoms with van der Waals surface area (Å²) >= 11 is 0. The molecule has 0 heterocycles. The van der Waals surface area contributed by atoms with Crippen LogP contribution in [0.1, 0.15) is 12.0 Å². The zero-order chi connectivity index (χ0) is 11.8. The molecule has 4 heteroatoms. The Kier molecular flexibility index (Phi) is 5.36. The summed E-state index contributed by atoms with van der Waals surface area (Å²) in [5, 5.41) is 11.9. The molecule has 0 bridgehead atoms. The van der Waals surface area contributed by atoms with E-state index in [1.165, 1.54) is 0 Å². The summed E-state index contributed by atoms with van der Waals surface area (Å²) in [6.45, 7) is 0.615. The van der Waals surface area contributed by atoms with Crippen molar-refractivity contribution in [2.45, 2.75) is 18.9 Å². The van der Waals surface area contributed by atoms with Gasteiger partial charge >= 0.3 is 0 Å². The van der Waals surface area contributed by atoms with Gasteiger partial charge in [0.2, 0.25) is 6.41 Å². The molecule has 0 saturated carbocycles. The Hall–Kier alpha value is -1.55. The Morgan fingerprint density at radius 2 is 2.12 bits per heavy atom. The molecule has 16 heavy (non-hydrogen) atoms. The van der Waals surface area contributed by atoms with Crippen molar-refractivity contribution in [1.29, 1.82) is 0 Å². The maximum absolute atomic E-state index is 10.4. The van der Waals surface area contributed by atoms with Gasteiger partial charge in [0.15, 0.2) is 0 Å². The maximum Gasteiger partial charge on any atom is 0.207 e. The topological polar surface area (TPSA) is 58.6 Å². The van der Waals surface area contributed by atoms with E-state index in [-0.39, 0.29) is 11.8 Å². The number of aromatic hydroxyl groups is 1. The first-order valence-corrected chi connectivity index (χ1v) is 5.22. The summed E-state index contributed by atoms with van der Waals surface area (Å²) in [6.07, 6.45) is 2.22. The zero-order valence-electron chi connectivity index (χ0n) is 9.35. The molecular weight excluding hydrogens is 206 g/mol. The third-order valence-corrected chi connectivity index (χ3v) is 2.39. The Morgan fingerprint density at radius 3 is 2.69 bits per heavy atom. The molecule has 88 valence electrons. The van der Waals surface area contributed by atoms with E-state index < -0.39 is 0 Å². The Labute approximate surface area is 95.2 Å². The molecule has 1 unspecified atom stereocenters. The van der Waals surface area contributed by atoms with Crippen LogP contribution in [0.25, 0.3) is 0 Å². The Morgan fingerprint density at radius 1 is 1.44 bits per heavy atom. The van der Waals surface area contributed by atoms with Gasteiger partial charge in [0.25, 0.3) is 0 Å². The second kappa shape index (κ2) is 6.85. The fourth-order valence-electron chi connectivity index (χ4n) is 1.52. The van der Waals surface area contributed by atoms with Crippen LogP contribution in [0.5, 0.6) is 5.75 Å². The molecule has 4 nitrogen and oxygen atoms in total. The number of benzene rings is 1. The normalized spacial score (nSPS) is 12.1. The van der Waals surface area contributed by atoms with E-state index in [0.29, 0.717) is 13.0 Å².